The number of imidazole rings is 1. The van der Waals surface area contributed by atoms with E-state index in [-0.39, 0.29) is 22.8 Å². The number of nitrogen functional groups attached to an aromatic ring is 1. The van der Waals surface area contributed by atoms with Crippen molar-refractivity contribution < 1.29 is 9.59 Å². The van der Waals surface area contributed by atoms with Crippen LogP contribution < -0.4 is 16.4 Å². The molecular weight excluding hydrogens is 490 g/mol. The van der Waals surface area contributed by atoms with E-state index in [2.05, 4.69) is 36.8 Å². The maximum atomic E-state index is 12.8. The largest absolute Gasteiger partial charge is 0.382 e. The van der Waals surface area contributed by atoms with Gasteiger partial charge in [-0.15, -0.1) is 0 Å². The molecule has 2 aliphatic carbocycles. The smallest absolute Gasteiger partial charge is 0.296 e. The lowest BCUT2D eigenvalue weighted by atomic mass is 9.83. The molecule has 0 atom stereocenters. The summed E-state index contributed by atoms with van der Waals surface area (Å²) in [7, 11) is 0. The second-order valence-corrected chi connectivity index (χ2v) is 10.6. The van der Waals surface area contributed by atoms with Crippen LogP contribution in [0.25, 0.3) is 16.8 Å². The number of hydrogen-bond donors (Lipinski definition) is 3. The van der Waals surface area contributed by atoms with Gasteiger partial charge in [-0.25, -0.2) is 15.0 Å². The molecule has 2 aliphatic rings. The molecule has 39 heavy (non-hydrogen) atoms. The van der Waals surface area contributed by atoms with Crippen molar-refractivity contribution in [1.82, 2.24) is 24.7 Å². The number of benzene rings is 1. The second kappa shape index (κ2) is 9.24. The highest BCUT2D eigenvalue weighted by atomic mass is 16.2. The quantitative estimate of drug-likeness (QED) is 0.342. The normalized spacial score (nSPS) is 21.4. The zero-order valence-corrected chi connectivity index (χ0v) is 21.9. The Morgan fingerprint density at radius 1 is 1.05 bits per heavy atom. The monoisotopic (exact) mass is 519 g/mol. The summed E-state index contributed by atoms with van der Waals surface area (Å²) in [6.45, 7) is 3.62. The van der Waals surface area contributed by atoms with Crippen molar-refractivity contribution in [3.63, 3.8) is 0 Å². The third kappa shape index (κ3) is 4.28. The number of anilines is 2. The number of hydrogen-bond acceptors (Lipinski definition) is 6. The summed E-state index contributed by atoms with van der Waals surface area (Å²) in [6, 6.07) is 11.0. The molecule has 1 aromatic carbocycles. The summed E-state index contributed by atoms with van der Waals surface area (Å²) in [5.74, 6) is 6.68. The molecule has 4 N–H and O–H groups in total. The van der Waals surface area contributed by atoms with Gasteiger partial charge in [0.2, 0.25) is 0 Å². The van der Waals surface area contributed by atoms with Gasteiger partial charge >= 0.3 is 0 Å². The van der Waals surface area contributed by atoms with E-state index in [0.717, 1.165) is 60.3 Å². The van der Waals surface area contributed by atoms with Gasteiger partial charge in [0.05, 0.1) is 0 Å². The SMILES string of the molecule is CC#CC(=O)NC12CCC(c3nc(-c4ccc(C(=O)Nc5cc(C)ccn5)cc4)c4c(N)nccn34)(CC1)C2. The first kappa shape index (κ1) is 24.6. The van der Waals surface area contributed by atoms with Gasteiger partial charge in [0.25, 0.3) is 11.8 Å². The van der Waals surface area contributed by atoms with Crippen LogP contribution in [0, 0.1) is 18.8 Å². The van der Waals surface area contributed by atoms with Crippen molar-refractivity contribution in [2.45, 2.75) is 56.9 Å². The van der Waals surface area contributed by atoms with Gasteiger partial charge in [0.15, 0.2) is 0 Å². The molecular formula is C30H29N7O2. The highest BCUT2D eigenvalue weighted by Gasteiger charge is 2.57. The maximum absolute atomic E-state index is 12.8. The van der Waals surface area contributed by atoms with Gasteiger partial charge < -0.3 is 16.4 Å². The van der Waals surface area contributed by atoms with E-state index >= 15 is 0 Å². The van der Waals surface area contributed by atoms with E-state index in [1.165, 1.54) is 0 Å². The van der Waals surface area contributed by atoms with Crippen molar-refractivity contribution in [1.29, 1.82) is 0 Å². The Labute approximate surface area is 226 Å². The van der Waals surface area contributed by atoms with Crippen molar-refractivity contribution in [2.24, 2.45) is 0 Å². The number of aromatic nitrogens is 4. The molecule has 3 heterocycles. The van der Waals surface area contributed by atoms with Crippen molar-refractivity contribution in [3.05, 3.63) is 71.9 Å². The van der Waals surface area contributed by atoms with E-state index in [4.69, 9.17) is 10.7 Å². The summed E-state index contributed by atoms with van der Waals surface area (Å²) < 4.78 is 2.05. The zero-order chi connectivity index (χ0) is 27.2. The molecule has 4 aromatic rings. The highest BCUT2D eigenvalue weighted by molar-refractivity contribution is 6.04. The molecule has 2 bridgehead atoms. The van der Waals surface area contributed by atoms with E-state index < -0.39 is 0 Å². The average molecular weight is 520 g/mol. The Morgan fingerprint density at radius 3 is 2.54 bits per heavy atom. The molecule has 9 heteroatoms. The second-order valence-electron chi connectivity index (χ2n) is 10.6. The first-order chi connectivity index (χ1) is 18.8. The summed E-state index contributed by atoms with van der Waals surface area (Å²) in [4.78, 5) is 38.8. The summed E-state index contributed by atoms with van der Waals surface area (Å²) >= 11 is 0. The van der Waals surface area contributed by atoms with E-state index in [1.54, 1.807) is 31.5 Å². The number of aryl methyl sites for hydroxylation is 1. The van der Waals surface area contributed by atoms with Gasteiger partial charge in [-0.3, -0.25) is 14.0 Å². The van der Waals surface area contributed by atoms with Crippen LogP contribution >= 0.6 is 0 Å². The fourth-order valence-electron chi connectivity index (χ4n) is 6.28. The van der Waals surface area contributed by atoms with Crippen LogP contribution in [0.5, 0.6) is 0 Å². The molecule has 0 saturated heterocycles. The van der Waals surface area contributed by atoms with E-state index in [9.17, 15) is 9.59 Å². The molecule has 2 saturated carbocycles. The van der Waals surface area contributed by atoms with Crippen molar-refractivity contribution in [3.8, 4) is 23.1 Å². The maximum Gasteiger partial charge on any atom is 0.296 e. The lowest BCUT2D eigenvalue weighted by Gasteiger charge is -2.27. The van der Waals surface area contributed by atoms with Gasteiger partial charge in [0.1, 0.15) is 28.7 Å². The van der Waals surface area contributed by atoms with Crippen LogP contribution in [0.4, 0.5) is 11.6 Å². The van der Waals surface area contributed by atoms with Crippen LogP contribution in [0.3, 0.4) is 0 Å². The molecule has 2 fully saturated rings. The Bertz CT molecular complexity index is 1670. The lowest BCUT2D eigenvalue weighted by Crippen LogP contribution is -2.44. The molecule has 0 radical (unpaired) electrons. The highest BCUT2D eigenvalue weighted by Crippen LogP contribution is 2.57. The number of rotatable bonds is 5. The predicted octanol–water partition coefficient (Wildman–Crippen LogP) is 4.03. The van der Waals surface area contributed by atoms with Crippen LogP contribution in [-0.2, 0) is 10.2 Å². The summed E-state index contributed by atoms with van der Waals surface area (Å²) in [5.41, 5.74) is 9.79. The molecule has 3 aromatic heterocycles. The molecule has 2 amide bonds. The minimum atomic E-state index is -0.257. The minimum Gasteiger partial charge on any atom is -0.382 e. The zero-order valence-electron chi connectivity index (χ0n) is 21.9. The van der Waals surface area contributed by atoms with Crippen LogP contribution in [0.15, 0.2) is 55.0 Å². The number of carbonyl (C=O) groups is 2. The van der Waals surface area contributed by atoms with Crippen molar-refractivity contribution >= 4 is 29.0 Å². The standard InChI is InChI=1S/C30H29N7O2/c1-3-4-23(38)36-30-12-10-29(18-30,11-13-30)28-35-24(25-26(31)33-15-16-37(25)28)20-5-7-21(8-6-20)27(39)34-22-17-19(2)9-14-32-22/h5-9,14-17H,10-13,18H2,1-2H3,(H2,31,33)(H,36,38)(H,32,34,39). The first-order valence-electron chi connectivity index (χ1n) is 13.0. The minimum absolute atomic E-state index is 0.178. The Hall–Kier alpha value is -4.71. The Morgan fingerprint density at radius 2 is 1.82 bits per heavy atom. The average Bonchev–Trinajstić information content (AvgIpc) is 3.60. The van der Waals surface area contributed by atoms with Crippen LogP contribution in [-0.4, -0.2) is 36.7 Å². The van der Waals surface area contributed by atoms with Gasteiger partial charge in [0, 0.05) is 40.7 Å². The fourth-order valence-corrected chi connectivity index (χ4v) is 6.28. The number of amides is 2. The number of nitrogens with zero attached hydrogens (tertiary/aromatic N) is 4. The number of nitrogens with one attached hydrogen (secondary N) is 2. The van der Waals surface area contributed by atoms with E-state index in [0.29, 0.717) is 17.2 Å². The number of carbonyl (C=O) groups excluding carboxylic acids is 2. The number of fused-ring (bicyclic) bond motifs is 3. The molecule has 0 spiro atoms. The Balaban J connectivity index is 1.33. The Kier molecular flexibility index (Phi) is 5.83. The number of nitrogens with two attached hydrogens (primary N) is 1. The fraction of sp³-hybridized carbons (Fsp3) is 0.300. The predicted molar refractivity (Wildman–Crippen MR) is 149 cm³/mol. The van der Waals surface area contributed by atoms with Gasteiger partial charge in [-0.2, -0.15) is 0 Å². The third-order valence-corrected chi connectivity index (χ3v) is 8.09. The third-order valence-electron chi connectivity index (χ3n) is 8.09. The summed E-state index contributed by atoms with van der Waals surface area (Å²) in [6.07, 6.45) is 9.67. The van der Waals surface area contributed by atoms with E-state index in [1.807, 2.05) is 37.4 Å². The summed E-state index contributed by atoms with van der Waals surface area (Å²) in [5, 5.41) is 6.03. The first-order valence-corrected chi connectivity index (χ1v) is 13.0. The van der Waals surface area contributed by atoms with Crippen molar-refractivity contribution in [2.75, 3.05) is 11.1 Å². The molecule has 196 valence electrons. The molecule has 6 rings (SSSR count). The van der Waals surface area contributed by atoms with Crippen LogP contribution in [0.2, 0.25) is 0 Å². The van der Waals surface area contributed by atoms with Gasteiger partial charge in [-0.05, 0) is 81.7 Å². The topological polar surface area (TPSA) is 127 Å². The number of pyridine rings is 1. The van der Waals surface area contributed by atoms with Crippen LogP contribution in [0.1, 0.15) is 60.8 Å². The molecule has 0 aliphatic heterocycles. The molecule has 9 nitrogen and oxygen atoms in total. The lowest BCUT2D eigenvalue weighted by molar-refractivity contribution is -0.117. The van der Waals surface area contributed by atoms with Gasteiger partial charge in [-0.1, -0.05) is 18.1 Å². The molecule has 0 unspecified atom stereocenters.